The molecule has 2 N–H and O–H groups in total. The molecule has 0 heterocycles. The van der Waals surface area contributed by atoms with E-state index in [0.29, 0.717) is 17.9 Å². The maximum absolute atomic E-state index is 10.7. The minimum atomic E-state index is 0.0552. The van der Waals surface area contributed by atoms with Gasteiger partial charge in [0.05, 0.1) is 14.2 Å². The smallest absolute Gasteiger partial charge is 0.207 e. The zero-order valence-electron chi connectivity index (χ0n) is 33.7. The number of benzene rings is 1. The van der Waals surface area contributed by atoms with Crippen LogP contribution in [-0.2, 0) is 6.42 Å². The molecule has 1 aromatic carbocycles. The zero-order valence-corrected chi connectivity index (χ0v) is 33.7. The summed E-state index contributed by atoms with van der Waals surface area (Å²) in [5.74, 6) is 5.33. The van der Waals surface area contributed by atoms with Gasteiger partial charge in [0.1, 0.15) is 0 Å². The summed E-state index contributed by atoms with van der Waals surface area (Å²) in [6.45, 7) is 21.0. The molecule has 48 heavy (non-hydrogen) atoms. The van der Waals surface area contributed by atoms with E-state index >= 15 is 0 Å². The fraction of sp³-hybridized carbons (Fsp3) is 0.818. The fourth-order valence-corrected chi connectivity index (χ4v) is 7.40. The average molecular weight is 673 g/mol. The van der Waals surface area contributed by atoms with E-state index in [0.717, 1.165) is 41.6 Å². The lowest BCUT2D eigenvalue weighted by Crippen LogP contribution is -2.04. The van der Waals surface area contributed by atoms with Crippen LogP contribution >= 0.6 is 0 Å². The van der Waals surface area contributed by atoms with Gasteiger partial charge in [0.15, 0.2) is 11.5 Å². The number of allylic oxidation sites excluding steroid dienone is 2. The maximum atomic E-state index is 10.7. The van der Waals surface area contributed by atoms with Gasteiger partial charge in [-0.1, -0.05) is 144 Å². The standard InChI is InChI=1S/C44H80O4/c1-32(2)18-12-19-33(3)20-13-21-34(4)22-14-23-35(5)24-15-25-36(6)26-16-27-37(7)28-17-29-38(8)30-31-40-39(9)41(45)43(47-10)44(48-11)42(40)46/h22,32-33,35-38,45-46H,12-21,23-31H2,1-11H3/b34-22+. The Bertz CT molecular complexity index is 1010. The van der Waals surface area contributed by atoms with E-state index in [-0.39, 0.29) is 23.0 Å². The second-order valence-corrected chi connectivity index (χ2v) is 16.6. The quantitative estimate of drug-likeness (QED) is 0.0687. The summed E-state index contributed by atoms with van der Waals surface area (Å²) < 4.78 is 10.6. The van der Waals surface area contributed by atoms with Gasteiger partial charge in [-0.3, -0.25) is 0 Å². The topological polar surface area (TPSA) is 58.9 Å². The third-order valence-electron chi connectivity index (χ3n) is 11.1. The van der Waals surface area contributed by atoms with Crippen molar-refractivity contribution in [1.29, 1.82) is 0 Å². The van der Waals surface area contributed by atoms with Gasteiger partial charge in [0.25, 0.3) is 0 Å². The Morgan fingerprint density at radius 2 is 0.958 bits per heavy atom. The van der Waals surface area contributed by atoms with E-state index in [9.17, 15) is 10.2 Å². The summed E-state index contributed by atoms with van der Waals surface area (Å²) in [5.41, 5.74) is 3.04. The Balaban J connectivity index is 2.16. The Labute approximate surface area is 298 Å². The molecular weight excluding hydrogens is 592 g/mol. The lowest BCUT2D eigenvalue weighted by molar-refractivity contribution is 0.313. The monoisotopic (exact) mass is 673 g/mol. The molecule has 0 fully saturated rings. The van der Waals surface area contributed by atoms with Crippen LogP contribution in [0.25, 0.3) is 0 Å². The third-order valence-corrected chi connectivity index (χ3v) is 11.1. The van der Waals surface area contributed by atoms with E-state index in [1.807, 2.05) is 6.92 Å². The Hall–Kier alpha value is -1.84. The number of phenolic OH excluding ortho intramolecular Hbond substituents is 2. The van der Waals surface area contributed by atoms with Crippen molar-refractivity contribution >= 4 is 0 Å². The van der Waals surface area contributed by atoms with E-state index in [2.05, 4.69) is 61.5 Å². The lowest BCUT2D eigenvalue weighted by atomic mass is 9.89. The molecule has 0 aliphatic rings. The minimum absolute atomic E-state index is 0.0552. The number of methoxy groups -OCH3 is 2. The molecule has 0 aliphatic carbocycles. The highest BCUT2D eigenvalue weighted by molar-refractivity contribution is 5.65. The van der Waals surface area contributed by atoms with Crippen LogP contribution in [0.5, 0.6) is 23.0 Å². The SMILES string of the molecule is COc1c(O)c(C)c(CCC(C)CCCC(C)CCCC(C)CCCC(C)CC/C=C(\C)CCCC(C)CCCC(C)C)c(O)c1OC. The molecule has 0 spiro atoms. The Morgan fingerprint density at radius 1 is 0.562 bits per heavy atom. The number of hydrogen-bond donors (Lipinski definition) is 2. The molecule has 0 radical (unpaired) electrons. The van der Waals surface area contributed by atoms with Crippen molar-refractivity contribution < 1.29 is 19.7 Å². The highest BCUT2D eigenvalue weighted by Gasteiger charge is 2.23. The molecule has 0 amide bonds. The van der Waals surface area contributed by atoms with E-state index in [4.69, 9.17) is 9.47 Å². The van der Waals surface area contributed by atoms with Gasteiger partial charge >= 0.3 is 0 Å². The summed E-state index contributed by atoms with van der Waals surface area (Å²) in [4.78, 5) is 0. The number of hydrogen-bond acceptors (Lipinski definition) is 4. The molecular formula is C44H80O4. The van der Waals surface area contributed by atoms with Gasteiger partial charge in [-0.2, -0.15) is 0 Å². The minimum Gasteiger partial charge on any atom is -0.504 e. The summed E-state index contributed by atoms with van der Waals surface area (Å²) in [6, 6.07) is 0. The van der Waals surface area contributed by atoms with E-state index in [1.54, 1.807) is 5.57 Å². The van der Waals surface area contributed by atoms with Crippen LogP contribution in [0.1, 0.15) is 182 Å². The second kappa shape index (κ2) is 25.2. The van der Waals surface area contributed by atoms with E-state index < -0.39 is 0 Å². The molecule has 5 atom stereocenters. The van der Waals surface area contributed by atoms with Gasteiger partial charge in [0, 0.05) is 11.1 Å². The van der Waals surface area contributed by atoms with Crippen LogP contribution < -0.4 is 9.47 Å². The van der Waals surface area contributed by atoms with Gasteiger partial charge < -0.3 is 19.7 Å². The first-order valence-corrected chi connectivity index (χ1v) is 20.1. The molecule has 280 valence electrons. The highest BCUT2D eigenvalue weighted by atomic mass is 16.5. The van der Waals surface area contributed by atoms with Crippen LogP contribution in [0.2, 0.25) is 0 Å². The van der Waals surface area contributed by atoms with Crippen LogP contribution in [0.15, 0.2) is 11.6 Å². The predicted molar refractivity (Wildman–Crippen MR) is 209 cm³/mol. The first-order chi connectivity index (χ1) is 22.8. The molecule has 0 saturated carbocycles. The van der Waals surface area contributed by atoms with E-state index in [1.165, 1.54) is 123 Å². The van der Waals surface area contributed by atoms with Gasteiger partial charge in [-0.25, -0.2) is 0 Å². The molecule has 0 aromatic heterocycles. The molecule has 4 nitrogen and oxygen atoms in total. The van der Waals surface area contributed by atoms with Crippen molar-refractivity contribution in [3.05, 3.63) is 22.8 Å². The van der Waals surface area contributed by atoms with Crippen molar-refractivity contribution in [3.8, 4) is 23.0 Å². The Kier molecular flexibility index (Phi) is 23.2. The number of phenols is 2. The maximum Gasteiger partial charge on any atom is 0.207 e. The second-order valence-electron chi connectivity index (χ2n) is 16.6. The van der Waals surface area contributed by atoms with Crippen molar-refractivity contribution in [2.24, 2.45) is 35.5 Å². The number of aromatic hydroxyl groups is 2. The van der Waals surface area contributed by atoms with Gasteiger partial charge in [0.2, 0.25) is 11.5 Å². The molecule has 4 heteroatoms. The molecule has 0 bridgehead atoms. The zero-order chi connectivity index (χ0) is 36.1. The predicted octanol–water partition coefficient (Wildman–Crippen LogP) is 13.8. The van der Waals surface area contributed by atoms with Crippen molar-refractivity contribution in [2.75, 3.05) is 14.2 Å². The lowest BCUT2D eigenvalue weighted by Gasteiger charge is -2.19. The van der Waals surface area contributed by atoms with Crippen LogP contribution in [-0.4, -0.2) is 24.4 Å². The average Bonchev–Trinajstić information content (AvgIpc) is 3.02. The normalized spacial score (nSPS) is 15.4. The third kappa shape index (κ3) is 18.2. The molecule has 1 aromatic rings. The summed E-state index contributed by atoms with van der Waals surface area (Å²) in [7, 11) is 2.96. The van der Waals surface area contributed by atoms with Gasteiger partial charge in [-0.05, 0) is 87.9 Å². The largest absolute Gasteiger partial charge is 0.504 e. The molecule has 5 unspecified atom stereocenters. The molecule has 1 rings (SSSR count). The van der Waals surface area contributed by atoms with Crippen LogP contribution in [0, 0.1) is 42.4 Å². The van der Waals surface area contributed by atoms with Gasteiger partial charge in [-0.15, -0.1) is 0 Å². The van der Waals surface area contributed by atoms with Crippen LogP contribution in [0.4, 0.5) is 0 Å². The van der Waals surface area contributed by atoms with Crippen LogP contribution in [0.3, 0.4) is 0 Å². The molecule has 0 aliphatic heterocycles. The summed E-state index contributed by atoms with van der Waals surface area (Å²) in [5, 5.41) is 21.3. The fourth-order valence-electron chi connectivity index (χ4n) is 7.40. The summed E-state index contributed by atoms with van der Waals surface area (Å²) in [6.07, 6.45) is 27.0. The summed E-state index contributed by atoms with van der Waals surface area (Å²) >= 11 is 0. The number of rotatable bonds is 28. The van der Waals surface area contributed by atoms with Crippen molar-refractivity contribution in [1.82, 2.24) is 0 Å². The van der Waals surface area contributed by atoms with Crippen molar-refractivity contribution in [3.63, 3.8) is 0 Å². The molecule has 0 saturated heterocycles. The Morgan fingerprint density at radius 3 is 1.42 bits per heavy atom. The first-order valence-electron chi connectivity index (χ1n) is 20.1. The highest BCUT2D eigenvalue weighted by Crippen LogP contribution is 2.48. The van der Waals surface area contributed by atoms with Crippen molar-refractivity contribution in [2.45, 2.75) is 184 Å². The first kappa shape index (κ1) is 44.2. The number of ether oxygens (including phenoxy) is 2.